The van der Waals surface area contributed by atoms with E-state index in [1.54, 1.807) is 30.8 Å². The second kappa shape index (κ2) is 5.41. The Hall–Kier alpha value is -2.23. The van der Waals surface area contributed by atoms with Crippen molar-refractivity contribution in [3.05, 3.63) is 52.3 Å². The highest BCUT2D eigenvalue weighted by atomic mass is 16.1. The normalized spacial score (nSPS) is 10.6. The van der Waals surface area contributed by atoms with E-state index in [9.17, 15) is 9.59 Å². The Morgan fingerprint density at radius 1 is 1.05 bits per heavy atom. The van der Waals surface area contributed by atoms with Crippen molar-refractivity contribution in [2.45, 2.75) is 27.2 Å². The van der Waals surface area contributed by atoms with Crippen LogP contribution in [0.15, 0.2) is 24.3 Å². The number of Topliss-reactive ketones (excluding diaryl/α,β-unsaturated/α-hetero) is 2. The van der Waals surface area contributed by atoms with Crippen LogP contribution in [0.4, 0.5) is 0 Å². The van der Waals surface area contributed by atoms with E-state index in [1.165, 1.54) is 0 Å². The van der Waals surface area contributed by atoms with Crippen LogP contribution in [0.25, 0.3) is 0 Å². The quantitative estimate of drug-likeness (QED) is 0.634. The minimum atomic E-state index is -0.168. The van der Waals surface area contributed by atoms with Gasteiger partial charge in [-0.3, -0.25) is 14.3 Å². The fraction of sp³-hybridized carbons (Fsp3) is 0.312. The topological polar surface area (TPSA) is 52.0 Å². The van der Waals surface area contributed by atoms with Crippen molar-refractivity contribution in [2.75, 3.05) is 0 Å². The molecule has 0 aliphatic carbocycles. The molecule has 0 unspecified atom stereocenters. The number of hydrogen-bond donors (Lipinski definition) is 0. The first-order chi connectivity index (χ1) is 9.40. The first-order valence-electron chi connectivity index (χ1n) is 6.53. The van der Waals surface area contributed by atoms with Crippen LogP contribution in [-0.2, 0) is 7.05 Å². The number of rotatable bonds is 4. The fourth-order valence-electron chi connectivity index (χ4n) is 2.25. The molecule has 1 aromatic heterocycles. The van der Waals surface area contributed by atoms with Crippen molar-refractivity contribution in [1.82, 2.24) is 9.78 Å². The number of nitrogens with zero attached hydrogens (tertiary/aromatic N) is 2. The molecule has 0 N–H and O–H groups in total. The van der Waals surface area contributed by atoms with Gasteiger partial charge >= 0.3 is 0 Å². The summed E-state index contributed by atoms with van der Waals surface area (Å²) in [7, 11) is 1.79. The molecule has 2 aromatic rings. The summed E-state index contributed by atoms with van der Waals surface area (Å²) in [6, 6.07) is 7.26. The van der Waals surface area contributed by atoms with Crippen LogP contribution in [-0.4, -0.2) is 21.3 Å². The number of aryl methyl sites for hydroxylation is 3. The molecular formula is C16H18N2O2. The number of ketones is 2. The van der Waals surface area contributed by atoms with Gasteiger partial charge in [-0.15, -0.1) is 0 Å². The van der Waals surface area contributed by atoms with Gasteiger partial charge in [0.1, 0.15) is 0 Å². The maximum atomic E-state index is 12.3. The fourth-order valence-corrected chi connectivity index (χ4v) is 2.25. The monoisotopic (exact) mass is 270 g/mol. The van der Waals surface area contributed by atoms with E-state index in [0.29, 0.717) is 16.8 Å². The molecule has 0 atom stereocenters. The lowest BCUT2D eigenvalue weighted by molar-refractivity contribution is 0.0893. The summed E-state index contributed by atoms with van der Waals surface area (Å²) in [4.78, 5) is 24.4. The molecule has 20 heavy (non-hydrogen) atoms. The summed E-state index contributed by atoms with van der Waals surface area (Å²) in [5, 5.41) is 4.21. The van der Waals surface area contributed by atoms with Crippen LogP contribution in [0.2, 0.25) is 0 Å². The third-order valence-electron chi connectivity index (χ3n) is 3.48. The average molecular weight is 270 g/mol. The molecule has 4 nitrogen and oxygen atoms in total. The summed E-state index contributed by atoms with van der Waals surface area (Å²) in [6.07, 6.45) is -0.115. The molecule has 0 fully saturated rings. The predicted molar refractivity (Wildman–Crippen MR) is 77.1 cm³/mol. The molecule has 0 saturated heterocycles. The van der Waals surface area contributed by atoms with Crippen LogP contribution >= 0.6 is 0 Å². The van der Waals surface area contributed by atoms with E-state index in [-0.39, 0.29) is 18.0 Å². The summed E-state index contributed by atoms with van der Waals surface area (Å²) >= 11 is 0. The van der Waals surface area contributed by atoms with Crippen LogP contribution in [0.5, 0.6) is 0 Å². The Balaban J connectivity index is 2.19. The van der Waals surface area contributed by atoms with Gasteiger partial charge in [0.15, 0.2) is 11.6 Å². The smallest absolute Gasteiger partial charge is 0.174 e. The zero-order valence-electron chi connectivity index (χ0n) is 12.2. The van der Waals surface area contributed by atoms with Crippen LogP contribution in [0.1, 0.15) is 44.1 Å². The SMILES string of the molecule is Cc1ccc(C(=O)CC(=O)c2c(C)nn(C)c2C)cc1. The van der Waals surface area contributed by atoms with Gasteiger partial charge in [-0.05, 0) is 20.8 Å². The molecule has 1 aromatic carbocycles. The number of benzene rings is 1. The molecule has 104 valence electrons. The maximum absolute atomic E-state index is 12.3. The highest BCUT2D eigenvalue weighted by molar-refractivity contribution is 6.14. The Morgan fingerprint density at radius 3 is 2.15 bits per heavy atom. The van der Waals surface area contributed by atoms with E-state index in [4.69, 9.17) is 0 Å². The van der Waals surface area contributed by atoms with E-state index in [0.717, 1.165) is 11.3 Å². The minimum Gasteiger partial charge on any atom is -0.294 e. The lowest BCUT2D eigenvalue weighted by Gasteiger charge is -2.02. The van der Waals surface area contributed by atoms with Crippen molar-refractivity contribution in [2.24, 2.45) is 7.05 Å². The molecule has 0 spiro atoms. The van der Waals surface area contributed by atoms with Crippen LogP contribution in [0.3, 0.4) is 0 Å². The molecule has 0 radical (unpaired) electrons. The summed E-state index contributed by atoms with van der Waals surface area (Å²) in [5.41, 5.74) is 3.69. The zero-order chi connectivity index (χ0) is 14.9. The average Bonchev–Trinajstić information content (AvgIpc) is 2.63. The van der Waals surface area contributed by atoms with Crippen molar-refractivity contribution >= 4 is 11.6 Å². The van der Waals surface area contributed by atoms with Gasteiger partial charge in [-0.2, -0.15) is 5.10 Å². The van der Waals surface area contributed by atoms with Crippen LogP contribution in [0, 0.1) is 20.8 Å². The maximum Gasteiger partial charge on any atom is 0.174 e. The zero-order valence-corrected chi connectivity index (χ0v) is 12.2. The van der Waals surface area contributed by atoms with Gasteiger partial charge in [-0.1, -0.05) is 29.8 Å². The molecule has 4 heteroatoms. The third kappa shape index (κ3) is 2.69. The van der Waals surface area contributed by atoms with E-state index >= 15 is 0 Å². The molecule has 0 aliphatic rings. The third-order valence-corrected chi connectivity index (χ3v) is 3.48. The molecule has 0 amide bonds. The molecule has 0 aliphatic heterocycles. The van der Waals surface area contributed by atoms with Gasteiger partial charge in [-0.25, -0.2) is 0 Å². The Kier molecular flexibility index (Phi) is 3.84. The van der Waals surface area contributed by atoms with Gasteiger partial charge in [0, 0.05) is 18.3 Å². The standard InChI is InChI=1S/C16H18N2O2/c1-10-5-7-13(8-6-10)14(19)9-15(20)16-11(2)17-18(4)12(16)3/h5-8H,9H2,1-4H3. The Labute approximate surface area is 118 Å². The van der Waals surface area contributed by atoms with Gasteiger partial charge < -0.3 is 0 Å². The van der Waals surface area contributed by atoms with Crippen molar-refractivity contribution in [3.8, 4) is 0 Å². The van der Waals surface area contributed by atoms with Crippen molar-refractivity contribution in [3.63, 3.8) is 0 Å². The first kappa shape index (κ1) is 14.2. The summed E-state index contributed by atoms with van der Waals surface area (Å²) < 4.78 is 1.67. The lowest BCUT2D eigenvalue weighted by atomic mass is 10.00. The number of aromatic nitrogens is 2. The number of carbonyl (C=O) groups is 2. The highest BCUT2D eigenvalue weighted by Crippen LogP contribution is 2.16. The van der Waals surface area contributed by atoms with Gasteiger partial charge in [0.2, 0.25) is 0 Å². The van der Waals surface area contributed by atoms with E-state index in [1.807, 2.05) is 26.0 Å². The number of carbonyl (C=O) groups excluding carboxylic acids is 2. The van der Waals surface area contributed by atoms with Gasteiger partial charge in [0.25, 0.3) is 0 Å². The van der Waals surface area contributed by atoms with Gasteiger partial charge in [0.05, 0.1) is 17.7 Å². The molecular weight excluding hydrogens is 252 g/mol. The molecule has 0 bridgehead atoms. The van der Waals surface area contributed by atoms with Crippen molar-refractivity contribution < 1.29 is 9.59 Å². The summed E-state index contributed by atoms with van der Waals surface area (Å²) in [5.74, 6) is -0.323. The summed E-state index contributed by atoms with van der Waals surface area (Å²) in [6.45, 7) is 5.59. The first-order valence-corrected chi connectivity index (χ1v) is 6.53. The molecule has 2 rings (SSSR count). The van der Waals surface area contributed by atoms with E-state index < -0.39 is 0 Å². The second-order valence-corrected chi connectivity index (χ2v) is 5.06. The molecule has 1 heterocycles. The Bertz CT molecular complexity index is 667. The lowest BCUT2D eigenvalue weighted by Crippen LogP contribution is -2.10. The minimum absolute atomic E-state index is 0.115. The van der Waals surface area contributed by atoms with Crippen molar-refractivity contribution in [1.29, 1.82) is 0 Å². The Morgan fingerprint density at radius 2 is 1.65 bits per heavy atom. The highest BCUT2D eigenvalue weighted by Gasteiger charge is 2.20. The predicted octanol–water partition coefficient (Wildman–Crippen LogP) is 2.80. The number of hydrogen-bond acceptors (Lipinski definition) is 3. The second-order valence-electron chi connectivity index (χ2n) is 5.06. The largest absolute Gasteiger partial charge is 0.294 e. The van der Waals surface area contributed by atoms with E-state index in [2.05, 4.69) is 5.10 Å². The van der Waals surface area contributed by atoms with Crippen LogP contribution < -0.4 is 0 Å². The molecule has 0 saturated carbocycles.